The van der Waals surface area contributed by atoms with E-state index in [9.17, 15) is 19.0 Å². The Balaban J connectivity index is 1.34. The molecule has 7 atom stereocenters. The van der Waals surface area contributed by atoms with Gasteiger partial charge in [-0.3, -0.25) is 0 Å². The molecule has 5 heteroatoms. The first kappa shape index (κ1) is 25.3. The van der Waals surface area contributed by atoms with Crippen molar-refractivity contribution in [2.45, 2.75) is 103 Å². The number of aliphatic hydroxyl groups excluding tert-OH is 2. The maximum absolute atomic E-state index is 12.7. The minimum Gasteiger partial charge on any atom is -0.393 e. The van der Waals surface area contributed by atoms with Crippen LogP contribution in [-0.4, -0.2) is 53.4 Å². The first-order chi connectivity index (χ1) is 15.7. The standard InChI is InChI=1S/C28H45F2NO2/c1-19(9-12-31-13-10-21(18-31)16-27(29)30)25-7-8-26-22(4-3-11-28(25,26)2)6-5-20-14-23(32)17-24(33)15-20/h5-6,19,21,23-27,32-33H,3-4,7-18H2,1-2H3/b22-6+/t19-,21-,23-,24-,25-,26+,28-/m1/s1. The van der Waals surface area contributed by atoms with E-state index in [1.54, 1.807) is 5.57 Å². The van der Waals surface area contributed by atoms with Crippen molar-refractivity contribution >= 4 is 0 Å². The second-order valence-electron chi connectivity index (χ2n) is 12.0. The van der Waals surface area contributed by atoms with Gasteiger partial charge in [0.1, 0.15) is 0 Å². The summed E-state index contributed by atoms with van der Waals surface area (Å²) in [7, 11) is 0. The molecule has 3 saturated carbocycles. The molecule has 0 aromatic carbocycles. The van der Waals surface area contributed by atoms with E-state index in [0.29, 0.717) is 36.5 Å². The van der Waals surface area contributed by atoms with Crippen LogP contribution in [0.2, 0.25) is 0 Å². The van der Waals surface area contributed by atoms with Gasteiger partial charge in [0.25, 0.3) is 0 Å². The van der Waals surface area contributed by atoms with E-state index in [-0.39, 0.29) is 12.3 Å². The third-order valence-corrected chi connectivity index (χ3v) is 9.58. The van der Waals surface area contributed by atoms with Crippen molar-refractivity contribution in [2.75, 3.05) is 19.6 Å². The van der Waals surface area contributed by atoms with E-state index < -0.39 is 18.6 Å². The van der Waals surface area contributed by atoms with Crippen LogP contribution in [0.1, 0.15) is 84.5 Å². The SMILES string of the molecule is C[C@H](CCN1CC[C@H](CC(F)F)C1)[C@H]1CC[C@H]2/C(=C/C=C3C[C@@H](O)C[C@H](O)C3)CCC[C@]12C. The summed E-state index contributed by atoms with van der Waals surface area (Å²) in [4.78, 5) is 2.42. The molecule has 0 spiro atoms. The van der Waals surface area contributed by atoms with Gasteiger partial charge in [0.05, 0.1) is 12.2 Å². The molecular weight excluding hydrogens is 420 g/mol. The number of likely N-dealkylation sites (tertiary alicyclic amines) is 1. The largest absolute Gasteiger partial charge is 0.393 e. The van der Waals surface area contributed by atoms with Crippen LogP contribution in [0, 0.1) is 29.1 Å². The summed E-state index contributed by atoms with van der Waals surface area (Å²) in [6, 6.07) is 0. The van der Waals surface area contributed by atoms with Crippen LogP contribution in [0.25, 0.3) is 0 Å². The molecule has 0 aromatic rings. The normalized spacial score (nSPS) is 39.9. The molecular formula is C28H45F2NO2. The summed E-state index contributed by atoms with van der Waals surface area (Å²) in [6.07, 6.45) is 11.9. The van der Waals surface area contributed by atoms with Gasteiger partial charge in [0.15, 0.2) is 0 Å². The highest BCUT2D eigenvalue weighted by Gasteiger charge is 2.50. The second-order valence-corrected chi connectivity index (χ2v) is 12.0. The van der Waals surface area contributed by atoms with E-state index in [1.165, 1.54) is 44.1 Å². The Hall–Kier alpha value is -0.780. The molecule has 4 rings (SSSR count). The molecule has 3 aliphatic carbocycles. The molecule has 0 aromatic heterocycles. The molecule has 0 amide bonds. The Morgan fingerprint density at radius 1 is 1.12 bits per heavy atom. The van der Waals surface area contributed by atoms with E-state index in [0.717, 1.165) is 32.0 Å². The van der Waals surface area contributed by atoms with Crippen molar-refractivity contribution in [3.63, 3.8) is 0 Å². The molecule has 188 valence electrons. The predicted molar refractivity (Wildman–Crippen MR) is 129 cm³/mol. The Morgan fingerprint density at radius 2 is 1.88 bits per heavy atom. The molecule has 33 heavy (non-hydrogen) atoms. The number of halogens is 2. The Morgan fingerprint density at radius 3 is 2.61 bits per heavy atom. The van der Waals surface area contributed by atoms with Crippen molar-refractivity contribution in [2.24, 2.45) is 29.1 Å². The van der Waals surface area contributed by atoms with E-state index in [4.69, 9.17) is 0 Å². The number of hydrogen-bond donors (Lipinski definition) is 2. The first-order valence-electron chi connectivity index (χ1n) is 13.5. The van der Waals surface area contributed by atoms with Crippen molar-refractivity contribution in [1.82, 2.24) is 4.90 Å². The molecule has 1 saturated heterocycles. The summed E-state index contributed by atoms with van der Waals surface area (Å²) in [5.74, 6) is 2.23. The van der Waals surface area contributed by atoms with Crippen LogP contribution in [0.3, 0.4) is 0 Å². The van der Waals surface area contributed by atoms with Crippen molar-refractivity contribution < 1.29 is 19.0 Å². The Kier molecular flexibility index (Phi) is 8.34. The molecule has 4 fully saturated rings. The van der Waals surface area contributed by atoms with Gasteiger partial charge in [-0.05, 0) is 106 Å². The fourth-order valence-electron chi connectivity index (χ4n) is 7.89. The van der Waals surface area contributed by atoms with Gasteiger partial charge in [0.2, 0.25) is 6.43 Å². The lowest BCUT2D eigenvalue weighted by molar-refractivity contribution is 0.0609. The van der Waals surface area contributed by atoms with Crippen LogP contribution in [0.4, 0.5) is 8.78 Å². The minimum absolute atomic E-state index is 0.0671. The molecule has 1 aliphatic heterocycles. The van der Waals surface area contributed by atoms with Crippen molar-refractivity contribution in [1.29, 1.82) is 0 Å². The van der Waals surface area contributed by atoms with Crippen LogP contribution < -0.4 is 0 Å². The van der Waals surface area contributed by atoms with Gasteiger partial charge in [-0.1, -0.05) is 37.1 Å². The van der Waals surface area contributed by atoms with Crippen LogP contribution in [0.5, 0.6) is 0 Å². The maximum Gasteiger partial charge on any atom is 0.238 e. The van der Waals surface area contributed by atoms with Crippen molar-refractivity contribution in [3.8, 4) is 0 Å². The van der Waals surface area contributed by atoms with E-state index in [1.807, 2.05) is 0 Å². The molecule has 4 aliphatic rings. The van der Waals surface area contributed by atoms with Crippen molar-refractivity contribution in [3.05, 3.63) is 23.3 Å². The number of fused-ring (bicyclic) bond motifs is 1. The summed E-state index contributed by atoms with van der Waals surface area (Å²) in [6.45, 7) is 7.84. The highest BCUT2D eigenvalue weighted by Crippen LogP contribution is 2.59. The summed E-state index contributed by atoms with van der Waals surface area (Å²) >= 11 is 0. The number of rotatable bonds is 7. The van der Waals surface area contributed by atoms with Gasteiger partial charge in [-0.25, -0.2) is 8.78 Å². The molecule has 1 heterocycles. The van der Waals surface area contributed by atoms with Gasteiger partial charge in [0, 0.05) is 13.0 Å². The van der Waals surface area contributed by atoms with Gasteiger partial charge < -0.3 is 15.1 Å². The molecule has 0 radical (unpaired) electrons. The number of alkyl halides is 2. The monoisotopic (exact) mass is 465 g/mol. The third kappa shape index (κ3) is 6.08. The van der Waals surface area contributed by atoms with E-state index in [2.05, 4.69) is 30.9 Å². The van der Waals surface area contributed by atoms with Crippen LogP contribution in [-0.2, 0) is 0 Å². The molecule has 3 nitrogen and oxygen atoms in total. The zero-order valence-corrected chi connectivity index (χ0v) is 20.7. The lowest BCUT2D eigenvalue weighted by atomic mass is 9.61. The predicted octanol–water partition coefficient (Wildman–Crippen LogP) is 5.96. The number of hydrogen-bond acceptors (Lipinski definition) is 3. The number of aliphatic hydroxyl groups is 2. The fraction of sp³-hybridized carbons (Fsp3) is 0.857. The summed E-state index contributed by atoms with van der Waals surface area (Å²) in [5, 5.41) is 20.0. The van der Waals surface area contributed by atoms with E-state index >= 15 is 0 Å². The smallest absolute Gasteiger partial charge is 0.238 e. The highest BCUT2D eigenvalue weighted by molar-refractivity contribution is 5.26. The quantitative estimate of drug-likeness (QED) is 0.487. The van der Waals surface area contributed by atoms with Crippen LogP contribution >= 0.6 is 0 Å². The molecule has 0 unspecified atom stereocenters. The lowest BCUT2D eigenvalue weighted by Gasteiger charge is -2.44. The maximum atomic E-state index is 12.7. The topological polar surface area (TPSA) is 43.7 Å². The molecule has 0 bridgehead atoms. The van der Waals surface area contributed by atoms with Crippen LogP contribution in [0.15, 0.2) is 23.3 Å². The zero-order chi connectivity index (χ0) is 23.6. The Labute approximate surface area is 199 Å². The second kappa shape index (κ2) is 10.9. The number of nitrogens with zero attached hydrogens (tertiary/aromatic N) is 1. The first-order valence-corrected chi connectivity index (χ1v) is 13.5. The minimum atomic E-state index is -2.17. The fourth-order valence-corrected chi connectivity index (χ4v) is 7.89. The van der Waals surface area contributed by atoms with Gasteiger partial charge in [-0.2, -0.15) is 0 Å². The number of allylic oxidation sites excluding steroid dienone is 3. The molecule has 2 N–H and O–H groups in total. The average molecular weight is 466 g/mol. The van der Waals surface area contributed by atoms with Gasteiger partial charge >= 0.3 is 0 Å². The zero-order valence-electron chi connectivity index (χ0n) is 20.7. The summed E-state index contributed by atoms with van der Waals surface area (Å²) < 4.78 is 25.4. The summed E-state index contributed by atoms with van der Waals surface area (Å²) in [5.41, 5.74) is 3.12. The highest BCUT2D eigenvalue weighted by atomic mass is 19.3. The third-order valence-electron chi connectivity index (χ3n) is 9.58. The Bertz CT molecular complexity index is 711. The average Bonchev–Trinajstić information content (AvgIpc) is 3.33. The van der Waals surface area contributed by atoms with Gasteiger partial charge in [-0.15, -0.1) is 0 Å². The lowest BCUT2D eigenvalue weighted by Crippen LogP contribution is -2.37.